The van der Waals surface area contributed by atoms with Crippen LogP contribution in [0.2, 0.25) is 0 Å². The summed E-state index contributed by atoms with van der Waals surface area (Å²) in [5.41, 5.74) is 1.82. The molecule has 1 fully saturated rings. The number of benzene rings is 1. The number of piperidine rings is 1. The maximum Gasteiger partial charge on any atom is 0.187 e. The number of aromatic nitrogens is 2. The van der Waals surface area contributed by atoms with Crippen LogP contribution in [0.3, 0.4) is 0 Å². The van der Waals surface area contributed by atoms with E-state index in [2.05, 4.69) is 46.1 Å². The first-order valence-electron chi connectivity index (χ1n) is 8.99. The lowest BCUT2D eigenvalue weighted by Gasteiger charge is -2.43. The zero-order valence-electron chi connectivity index (χ0n) is 15.1. The molecule has 1 aliphatic rings. The zero-order chi connectivity index (χ0) is 17.7. The Bertz CT molecular complexity index is 660. The minimum absolute atomic E-state index is 0.236. The van der Waals surface area contributed by atoms with Crippen molar-refractivity contribution in [3.8, 4) is 0 Å². The van der Waals surface area contributed by atoms with E-state index in [1.807, 2.05) is 25.4 Å². The van der Waals surface area contributed by atoms with Crippen molar-refractivity contribution in [3.63, 3.8) is 0 Å². The van der Waals surface area contributed by atoms with Gasteiger partial charge in [0.25, 0.3) is 0 Å². The van der Waals surface area contributed by atoms with Gasteiger partial charge in [0.15, 0.2) is 5.16 Å². The van der Waals surface area contributed by atoms with Crippen LogP contribution in [0.4, 0.5) is 0 Å². The van der Waals surface area contributed by atoms with Crippen molar-refractivity contribution >= 4 is 11.8 Å². The van der Waals surface area contributed by atoms with Gasteiger partial charge >= 0.3 is 0 Å². The van der Waals surface area contributed by atoms with Gasteiger partial charge in [-0.05, 0) is 31.1 Å². The van der Waals surface area contributed by atoms with Gasteiger partial charge in [-0.25, -0.2) is 9.97 Å². The molecule has 2 aromatic rings. The maximum absolute atomic E-state index is 10.8. The topological polar surface area (TPSA) is 49.2 Å². The molecule has 1 aromatic heterocycles. The third-order valence-corrected chi connectivity index (χ3v) is 5.74. The molecule has 1 N–H and O–H groups in total. The average Bonchev–Trinajstić information content (AvgIpc) is 2.61. The van der Waals surface area contributed by atoms with E-state index in [9.17, 15) is 5.11 Å². The molecule has 4 nitrogen and oxygen atoms in total. The molecular formula is C20H27N3OS. The molecule has 134 valence electrons. The van der Waals surface area contributed by atoms with Crippen LogP contribution in [-0.4, -0.2) is 44.4 Å². The van der Waals surface area contributed by atoms with Gasteiger partial charge in [0.05, 0.1) is 5.60 Å². The molecule has 1 saturated heterocycles. The molecule has 0 bridgehead atoms. The molecule has 0 radical (unpaired) electrons. The van der Waals surface area contributed by atoms with Crippen molar-refractivity contribution < 1.29 is 5.11 Å². The summed E-state index contributed by atoms with van der Waals surface area (Å²) < 4.78 is 0. The molecule has 0 saturated carbocycles. The highest BCUT2D eigenvalue weighted by atomic mass is 32.2. The van der Waals surface area contributed by atoms with Crippen LogP contribution in [-0.2, 0) is 13.0 Å². The predicted octanol–water partition coefficient (Wildman–Crippen LogP) is 3.40. The molecule has 1 aromatic carbocycles. The molecule has 0 unspecified atom stereocenters. The normalized spacial score (nSPS) is 24.4. The van der Waals surface area contributed by atoms with E-state index < -0.39 is 5.60 Å². The van der Waals surface area contributed by atoms with E-state index >= 15 is 0 Å². The Morgan fingerprint density at radius 1 is 1.20 bits per heavy atom. The fraction of sp³-hybridized carbons (Fsp3) is 0.500. The summed E-state index contributed by atoms with van der Waals surface area (Å²) in [6.45, 7) is 6.74. The fourth-order valence-corrected chi connectivity index (χ4v) is 3.91. The second-order valence-corrected chi connectivity index (χ2v) is 8.27. The van der Waals surface area contributed by atoms with Crippen LogP contribution >= 0.6 is 11.8 Å². The third-order valence-electron chi connectivity index (χ3n) is 4.98. The van der Waals surface area contributed by atoms with E-state index in [4.69, 9.17) is 0 Å². The zero-order valence-corrected chi connectivity index (χ0v) is 15.9. The molecule has 2 atom stereocenters. The number of hydrogen-bond donors (Lipinski definition) is 1. The number of hydrogen-bond acceptors (Lipinski definition) is 5. The molecule has 3 rings (SSSR count). The summed E-state index contributed by atoms with van der Waals surface area (Å²) in [5, 5.41) is 11.7. The van der Waals surface area contributed by atoms with Gasteiger partial charge in [-0.1, -0.05) is 49.0 Å². The molecule has 0 amide bonds. The number of rotatable bonds is 6. The number of likely N-dealkylation sites (tertiary alicyclic amines) is 1. The highest BCUT2D eigenvalue weighted by Gasteiger charge is 2.37. The number of aliphatic hydroxyl groups is 1. The lowest BCUT2D eigenvalue weighted by atomic mass is 9.79. The number of nitrogens with zero attached hydrogens (tertiary/aromatic N) is 3. The summed E-state index contributed by atoms with van der Waals surface area (Å²) in [6, 6.07) is 10.5. The van der Waals surface area contributed by atoms with Crippen molar-refractivity contribution in [2.75, 3.05) is 18.8 Å². The van der Waals surface area contributed by atoms with Crippen LogP contribution < -0.4 is 0 Å². The first kappa shape index (κ1) is 18.4. The van der Waals surface area contributed by atoms with Crippen molar-refractivity contribution in [1.82, 2.24) is 14.9 Å². The van der Waals surface area contributed by atoms with Crippen LogP contribution in [0.5, 0.6) is 0 Å². The molecular weight excluding hydrogens is 330 g/mol. The van der Waals surface area contributed by atoms with Gasteiger partial charge in [-0.3, -0.25) is 4.90 Å². The van der Waals surface area contributed by atoms with Crippen LogP contribution in [0, 0.1) is 5.92 Å². The Labute approximate surface area is 154 Å². The second kappa shape index (κ2) is 8.30. The van der Waals surface area contributed by atoms with Crippen molar-refractivity contribution in [2.45, 2.75) is 44.0 Å². The Kier molecular flexibility index (Phi) is 6.10. The largest absolute Gasteiger partial charge is 0.390 e. The van der Waals surface area contributed by atoms with Crippen molar-refractivity contribution in [3.05, 3.63) is 53.9 Å². The van der Waals surface area contributed by atoms with Gasteiger partial charge < -0.3 is 5.11 Å². The molecule has 25 heavy (non-hydrogen) atoms. The van der Waals surface area contributed by atoms with Crippen LogP contribution in [0.15, 0.2) is 47.9 Å². The summed E-state index contributed by atoms with van der Waals surface area (Å²) in [5.74, 6) is 1.22. The first-order valence-corrected chi connectivity index (χ1v) is 9.98. The van der Waals surface area contributed by atoms with Crippen LogP contribution in [0.25, 0.3) is 0 Å². The second-order valence-electron chi connectivity index (χ2n) is 7.04. The molecule has 0 spiro atoms. The predicted molar refractivity (Wildman–Crippen MR) is 103 cm³/mol. The molecule has 0 aliphatic carbocycles. The monoisotopic (exact) mass is 357 g/mol. The summed E-state index contributed by atoms with van der Waals surface area (Å²) in [6.07, 6.45) is 5.58. The van der Waals surface area contributed by atoms with E-state index in [1.54, 1.807) is 11.8 Å². The highest BCUT2D eigenvalue weighted by molar-refractivity contribution is 7.99. The lowest BCUT2D eigenvalue weighted by molar-refractivity contribution is -0.0594. The minimum atomic E-state index is -0.607. The molecule has 5 heteroatoms. The summed E-state index contributed by atoms with van der Waals surface area (Å²) in [4.78, 5) is 11.3. The minimum Gasteiger partial charge on any atom is -0.390 e. The smallest absolute Gasteiger partial charge is 0.187 e. The van der Waals surface area contributed by atoms with E-state index in [0.717, 1.165) is 48.9 Å². The Balaban J connectivity index is 1.63. The standard InChI is InChI=1S/C20H27N3OS/c1-3-25-19-21-12-17(13-22-19)14-23-10-9-20(2,24)18(15-23)11-16-7-5-4-6-8-16/h4-8,12-13,18,24H,3,9-11,14-15H2,1-2H3/t18-,20+/m0/s1. The van der Waals surface area contributed by atoms with Crippen LogP contribution in [0.1, 0.15) is 31.4 Å². The fourth-order valence-electron chi connectivity index (χ4n) is 3.40. The molecule has 2 heterocycles. The SMILES string of the molecule is CCSc1ncc(CN2CC[C@@](C)(O)[C@@H](Cc3ccccc3)C2)cn1. The van der Waals surface area contributed by atoms with Crippen molar-refractivity contribution in [2.24, 2.45) is 5.92 Å². The quantitative estimate of drug-likeness (QED) is 0.634. The van der Waals surface area contributed by atoms with Gasteiger partial charge in [0.1, 0.15) is 0 Å². The van der Waals surface area contributed by atoms with E-state index in [-0.39, 0.29) is 5.92 Å². The van der Waals surface area contributed by atoms with Gasteiger partial charge in [0, 0.05) is 43.5 Å². The number of thioether (sulfide) groups is 1. The van der Waals surface area contributed by atoms with E-state index in [1.165, 1.54) is 5.56 Å². The highest BCUT2D eigenvalue weighted by Crippen LogP contribution is 2.31. The van der Waals surface area contributed by atoms with Crippen molar-refractivity contribution in [1.29, 1.82) is 0 Å². The first-order chi connectivity index (χ1) is 12.1. The average molecular weight is 358 g/mol. The third kappa shape index (κ3) is 5.03. The summed E-state index contributed by atoms with van der Waals surface area (Å²) in [7, 11) is 0. The molecule has 1 aliphatic heterocycles. The van der Waals surface area contributed by atoms with Gasteiger partial charge in [-0.2, -0.15) is 0 Å². The Morgan fingerprint density at radius 3 is 2.60 bits per heavy atom. The van der Waals surface area contributed by atoms with E-state index in [0.29, 0.717) is 0 Å². The Morgan fingerprint density at radius 2 is 1.92 bits per heavy atom. The lowest BCUT2D eigenvalue weighted by Crippen LogP contribution is -2.50. The maximum atomic E-state index is 10.8. The Hall–Kier alpha value is -1.43. The van der Waals surface area contributed by atoms with Gasteiger partial charge in [-0.15, -0.1) is 0 Å². The van der Waals surface area contributed by atoms with Gasteiger partial charge in [0.2, 0.25) is 0 Å². The summed E-state index contributed by atoms with van der Waals surface area (Å²) >= 11 is 1.66.